The van der Waals surface area contributed by atoms with Crippen molar-refractivity contribution in [2.24, 2.45) is 0 Å². The van der Waals surface area contributed by atoms with Gasteiger partial charge in [-0.2, -0.15) is 14.6 Å². The lowest BCUT2D eigenvalue weighted by molar-refractivity contribution is 0.728. The van der Waals surface area contributed by atoms with E-state index in [-0.39, 0.29) is 0 Å². The van der Waals surface area contributed by atoms with E-state index in [2.05, 4.69) is 64.1 Å². The summed E-state index contributed by atoms with van der Waals surface area (Å²) < 4.78 is 1.83. The van der Waals surface area contributed by atoms with Crippen LogP contribution in [0.4, 0.5) is 5.82 Å². The van der Waals surface area contributed by atoms with Crippen molar-refractivity contribution in [2.75, 3.05) is 11.4 Å². The summed E-state index contributed by atoms with van der Waals surface area (Å²) in [4.78, 5) is 11.1. The molecule has 2 aromatic heterocycles. The van der Waals surface area contributed by atoms with Gasteiger partial charge in [0.1, 0.15) is 12.1 Å². The second-order valence-corrected chi connectivity index (χ2v) is 5.34. The minimum absolute atomic E-state index is 0.670. The molecule has 0 atom stereocenters. The van der Waals surface area contributed by atoms with Crippen LogP contribution in [0.1, 0.15) is 31.5 Å². The summed E-state index contributed by atoms with van der Waals surface area (Å²) in [6, 6.07) is 12.6. The largest absolute Gasteiger partial charge is 0.352 e. The Bertz CT molecular complexity index is 735. The molecule has 0 N–H and O–H groups in total. The van der Waals surface area contributed by atoms with Crippen molar-refractivity contribution < 1.29 is 0 Å². The molecule has 0 unspecified atom stereocenters. The van der Waals surface area contributed by atoms with Gasteiger partial charge in [-0.3, -0.25) is 0 Å². The number of rotatable bonds is 6. The quantitative estimate of drug-likeness (QED) is 0.701. The Balaban J connectivity index is 2.02. The Labute approximate surface area is 130 Å². The first-order chi connectivity index (χ1) is 10.8. The highest BCUT2D eigenvalue weighted by Crippen LogP contribution is 2.19. The molecule has 114 valence electrons. The van der Waals surface area contributed by atoms with Crippen molar-refractivity contribution >= 4 is 11.6 Å². The summed E-state index contributed by atoms with van der Waals surface area (Å²) in [6.07, 6.45) is 3.53. The first-order valence-electron chi connectivity index (χ1n) is 7.80. The van der Waals surface area contributed by atoms with Gasteiger partial charge in [0, 0.05) is 24.8 Å². The van der Waals surface area contributed by atoms with E-state index in [4.69, 9.17) is 0 Å². The number of hydrogen-bond acceptors (Lipinski definition) is 4. The maximum atomic E-state index is 4.53. The van der Waals surface area contributed by atoms with Gasteiger partial charge >= 0.3 is 0 Å². The molecule has 5 heteroatoms. The number of aromatic nitrogens is 4. The molecule has 0 saturated carbocycles. The third-order valence-corrected chi connectivity index (χ3v) is 3.68. The minimum Gasteiger partial charge on any atom is -0.352 e. The zero-order chi connectivity index (χ0) is 15.4. The number of hydrogen-bond donors (Lipinski definition) is 0. The van der Waals surface area contributed by atoms with E-state index in [1.165, 1.54) is 5.56 Å². The number of benzene rings is 1. The molecule has 5 nitrogen and oxygen atoms in total. The van der Waals surface area contributed by atoms with Gasteiger partial charge in [0.05, 0.1) is 0 Å². The molecule has 0 bridgehead atoms. The van der Waals surface area contributed by atoms with E-state index in [1.54, 1.807) is 6.33 Å². The van der Waals surface area contributed by atoms with Crippen LogP contribution in [0.2, 0.25) is 0 Å². The molecule has 0 amide bonds. The zero-order valence-electron chi connectivity index (χ0n) is 13.1. The predicted molar refractivity (Wildman–Crippen MR) is 87.9 cm³/mol. The SMILES string of the molecule is CCCN(Cc1ccccc1)c1cc(CC)nc2ncnn12. The highest BCUT2D eigenvalue weighted by Gasteiger charge is 2.14. The molecule has 0 fully saturated rings. The normalized spacial score (nSPS) is 11.0. The van der Waals surface area contributed by atoms with Crippen LogP contribution in [0.25, 0.3) is 5.78 Å². The third kappa shape index (κ3) is 2.93. The summed E-state index contributed by atoms with van der Waals surface area (Å²) in [5, 5.41) is 4.34. The second-order valence-electron chi connectivity index (χ2n) is 5.34. The molecule has 2 heterocycles. The van der Waals surface area contributed by atoms with Gasteiger partial charge in [-0.1, -0.05) is 44.2 Å². The highest BCUT2D eigenvalue weighted by atomic mass is 15.4. The van der Waals surface area contributed by atoms with Crippen molar-refractivity contribution in [3.63, 3.8) is 0 Å². The summed E-state index contributed by atoms with van der Waals surface area (Å²) in [7, 11) is 0. The first kappa shape index (κ1) is 14.5. The zero-order valence-corrected chi connectivity index (χ0v) is 13.1. The Morgan fingerprint density at radius 2 is 1.95 bits per heavy atom. The molecule has 0 saturated heterocycles. The average molecular weight is 295 g/mol. The van der Waals surface area contributed by atoms with Crippen LogP contribution in [-0.2, 0) is 13.0 Å². The molecule has 0 spiro atoms. The fourth-order valence-electron chi connectivity index (χ4n) is 2.60. The molecular weight excluding hydrogens is 274 g/mol. The van der Waals surface area contributed by atoms with Crippen LogP contribution in [0.3, 0.4) is 0 Å². The Morgan fingerprint density at radius 3 is 2.68 bits per heavy atom. The molecule has 0 aliphatic rings. The molecule has 0 aliphatic heterocycles. The van der Waals surface area contributed by atoms with Crippen molar-refractivity contribution in [1.29, 1.82) is 0 Å². The lowest BCUT2D eigenvalue weighted by Gasteiger charge is -2.25. The van der Waals surface area contributed by atoms with Gasteiger partial charge in [-0.25, -0.2) is 4.98 Å². The van der Waals surface area contributed by atoms with Crippen LogP contribution in [0.5, 0.6) is 0 Å². The van der Waals surface area contributed by atoms with Crippen LogP contribution in [0.15, 0.2) is 42.7 Å². The van der Waals surface area contributed by atoms with Crippen molar-refractivity contribution in [3.8, 4) is 0 Å². The van der Waals surface area contributed by atoms with Crippen LogP contribution < -0.4 is 4.90 Å². The Hall–Kier alpha value is -2.43. The van der Waals surface area contributed by atoms with Gasteiger partial charge in [0.15, 0.2) is 0 Å². The molecule has 0 radical (unpaired) electrons. The summed E-state index contributed by atoms with van der Waals surface area (Å²) in [6.45, 7) is 6.13. The number of nitrogens with zero attached hydrogens (tertiary/aromatic N) is 5. The second kappa shape index (κ2) is 6.56. The van der Waals surface area contributed by atoms with Crippen LogP contribution in [0, 0.1) is 0 Å². The van der Waals surface area contributed by atoms with Crippen LogP contribution in [-0.4, -0.2) is 26.1 Å². The van der Waals surface area contributed by atoms with Gasteiger partial charge in [-0.05, 0) is 18.4 Å². The number of fused-ring (bicyclic) bond motifs is 1. The van der Waals surface area contributed by atoms with E-state index in [0.29, 0.717) is 5.78 Å². The Morgan fingerprint density at radius 1 is 1.14 bits per heavy atom. The van der Waals surface area contributed by atoms with Gasteiger partial charge in [0.25, 0.3) is 5.78 Å². The van der Waals surface area contributed by atoms with E-state index in [1.807, 2.05) is 10.6 Å². The monoisotopic (exact) mass is 295 g/mol. The number of aryl methyl sites for hydroxylation is 1. The third-order valence-electron chi connectivity index (χ3n) is 3.68. The topological polar surface area (TPSA) is 46.3 Å². The Kier molecular flexibility index (Phi) is 4.32. The van der Waals surface area contributed by atoms with Crippen LogP contribution >= 0.6 is 0 Å². The maximum Gasteiger partial charge on any atom is 0.254 e. The standard InChI is InChI=1S/C17H21N5/c1-3-10-21(12-14-8-6-5-7-9-14)16-11-15(4-2)20-17-18-13-19-22(16)17/h5-9,11,13H,3-4,10,12H2,1-2H3. The lowest BCUT2D eigenvalue weighted by Crippen LogP contribution is -2.26. The molecule has 3 aromatic rings. The van der Waals surface area contributed by atoms with Gasteiger partial charge in [-0.15, -0.1) is 0 Å². The lowest BCUT2D eigenvalue weighted by atomic mass is 10.2. The van der Waals surface area contributed by atoms with Crippen molar-refractivity contribution in [1.82, 2.24) is 19.6 Å². The molecule has 22 heavy (non-hydrogen) atoms. The summed E-state index contributed by atoms with van der Waals surface area (Å²) >= 11 is 0. The van der Waals surface area contributed by atoms with Crippen molar-refractivity contribution in [2.45, 2.75) is 33.2 Å². The van der Waals surface area contributed by atoms with Crippen molar-refractivity contribution in [3.05, 3.63) is 54.0 Å². The smallest absolute Gasteiger partial charge is 0.254 e. The molecule has 1 aromatic carbocycles. The van der Waals surface area contributed by atoms with E-state index in [0.717, 1.165) is 37.4 Å². The maximum absolute atomic E-state index is 4.53. The minimum atomic E-state index is 0.670. The number of anilines is 1. The summed E-state index contributed by atoms with van der Waals surface area (Å²) in [5.41, 5.74) is 2.34. The summed E-state index contributed by atoms with van der Waals surface area (Å²) in [5.74, 6) is 1.73. The fraction of sp³-hybridized carbons (Fsp3) is 0.353. The fourth-order valence-corrected chi connectivity index (χ4v) is 2.60. The molecular formula is C17H21N5. The average Bonchev–Trinajstić information content (AvgIpc) is 3.03. The van der Waals surface area contributed by atoms with Gasteiger partial charge < -0.3 is 4.90 Å². The van der Waals surface area contributed by atoms with E-state index >= 15 is 0 Å². The molecule has 3 rings (SSSR count). The molecule has 0 aliphatic carbocycles. The van der Waals surface area contributed by atoms with E-state index < -0.39 is 0 Å². The highest BCUT2D eigenvalue weighted by molar-refractivity contribution is 5.48. The van der Waals surface area contributed by atoms with Gasteiger partial charge in [0.2, 0.25) is 0 Å². The van der Waals surface area contributed by atoms with E-state index in [9.17, 15) is 0 Å². The first-order valence-corrected chi connectivity index (χ1v) is 7.80. The predicted octanol–water partition coefficient (Wildman–Crippen LogP) is 3.10.